The molecule has 0 radical (unpaired) electrons. The third kappa shape index (κ3) is 2.76. The van der Waals surface area contributed by atoms with Gasteiger partial charge in [0.2, 0.25) is 0 Å². The van der Waals surface area contributed by atoms with Crippen molar-refractivity contribution in [1.82, 2.24) is 4.68 Å². The highest BCUT2D eigenvalue weighted by Gasteiger charge is 1.98. The van der Waals surface area contributed by atoms with Gasteiger partial charge in [-0.25, -0.2) is 0 Å². The van der Waals surface area contributed by atoms with Crippen molar-refractivity contribution in [1.29, 1.82) is 0 Å². The summed E-state index contributed by atoms with van der Waals surface area (Å²) in [6.07, 6.45) is 3.92. The number of aromatic nitrogens is 1. The Bertz CT molecular complexity index is 440. The minimum absolute atomic E-state index is 0.738. The summed E-state index contributed by atoms with van der Waals surface area (Å²) in [5.74, 6) is 0. The Balaban J connectivity index is 2.02. The van der Waals surface area contributed by atoms with Crippen LogP contribution in [0.4, 0.5) is 0 Å². The maximum absolute atomic E-state index is 5.99. The molecule has 0 aliphatic heterocycles. The van der Waals surface area contributed by atoms with E-state index in [0.29, 0.717) is 0 Å². The fourth-order valence-electron chi connectivity index (χ4n) is 1.27. The van der Waals surface area contributed by atoms with Crippen molar-refractivity contribution in [2.45, 2.75) is 6.54 Å². The van der Waals surface area contributed by atoms with E-state index in [1.807, 2.05) is 47.4 Å². The van der Waals surface area contributed by atoms with Crippen LogP contribution in [0.15, 0.2) is 47.2 Å². The minimum atomic E-state index is 0.738. The highest BCUT2D eigenvalue weighted by molar-refractivity contribution is 9.10. The van der Waals surface area contributed by atoms with Crippen molar-refractivity contribution < 1.29 is 0 Å². The molecule has 0 fully saturated rings. The van der Waals surface area contributed by atoms with Crippen LogP contribution >= 0.6 is 27.5 Å². The fraction of sp³-hybridized carbons (Fsp3) is 0.0909. The Hall–Kier alpha value is -0.930. The SMILES string of the molecule is Clc1cc(CNn2cccc2)ccc1Br. The Morgan fingerprint density at radius 1 is 1.27 bits per heavy atom. The van der Waals surface area contributed by atoms with E-state index in [0.717, 1.165) is 21.6 Å². The van der Waals surface area contributed by atoms with Gasteiger partial charge in [0.05, 0.1) is 11.6 Å². The zero-order chi connectivity index (χ0) is 10.7. The van der Waals surface area contributed by atoms with E-state index >= 15 is 0 Å². The van der Waals surface area contributed by atoms with Crippen LogP contribution in [-0.2, 0) is 6.54 Å². The van der Waals surface area contributed by atoms with E-state index in [-0.39, 0.29) is 0 Å². The Morgan fingerprint density at radius 3 is 2.67 bits per heavy atom. The lowest BCUT2D eigenvalue weighted by Crippen LogP contribution is -2.11. The summed E-state index contributed by atoms with van der Waals surface area (Å²) in [4.78, 5) is 0. The molecule has 0 aliphatic rings. The highest BCUT2D eigenvalue weighted by atomic mass is 79.9. The highest BCUT2D eigenvalue weighted by Crippen LogP contribution is 2.23. The summed E-state index contributed by atoms with van der Waals surface area (Å²) in [5.41, 5.74) is 4.38. The topological polar surface area (TPSA) is 17.0 Å². The number of nitrogens with zero attached hydrogens (tertiary/aromatic N) is 1. The van der Waals surface area contributed by atoms with Gasteiger partial charge >= 0.3 is 0 Å². The van der Waals surface area contributed by atoms with Crippen LogP contribution in [0, 0.1) is 0 Å². The molecule has 0 unspecified atom stereocenters. The van der Waals surface area contributed by atoms with E-state index in [9.17, 15) is 0 Å². The summed E-state index contributed by atoms with van der Waals surface area (Å²) in [5, 5.41) is 0.738. The number of halogens is 2. The molecule has 2 nitrogen and oxygen atoms in total. The number of hydrogen-bond acceptors (Lipinski definition) is 1. The van der Waals surface area contributed by atoms with Crippen LogP contribution in [0.5, 0.6) is 0 Å². The van der Waals surface area contributed by atoms with Crippen molar-refractivity contribution in [3.63, 3.8) is 0 Å². The molecular weight excluding hydrogens is 275 g/mol. The number of benzene rings is 1. The van der Waals surface area contributed by atoms with Crippen molar-refractivity contribution in [2.24, 2.45) is 0 Å². The summed E-state index contributed by atoms with van der Waals surface area (Å²) in [6.45, 7) is 0.752. The number of nitrogens with one attached hydrogen (secondary N) is 1. The van der Waals surface area contributed by atoms with Gasteiger partial charge in [-0.05, 0) is 45.8 Å². The molecule has 15 heavy (non-hydrogen) atoms. The number of rotatable bonds is 3. The third-order valence-corrected chi connectivity index (χ3v) is 3.29. The van der Waals surface area contributed by atoms with Crippen LogP contribution in [-0.4, -0.2) is 4.68 Å². The van der Waals surface area contributed by atoms with Crippen LogP contribution < -0.4 is 5.43 Å². The molecule has 2 aromatic rings. The van der Waals surface area contributed by atoms with Crippen LogP contribution in [0.1, 0.15) is 5.56 Å². The molecule has 1 N–H and O–H groups in total. The summed E-state index contributed by atoms with van der Waals surface area (Å²) >= 11 is 9.35. The molecule has 4 heteroatoms. The van der Waals surface area contributed by atoms with Crippen molar-refractivity contribution in [3.8, 4) is 0 Å². The van der Waals surface area contributed by atoms with E-state index < -0.39 is 0 Å². The predicted molar refractivity (Wildman–Crippen MR) is 66.6 cm³/mol. The molecule has 1 heterocycles. The zero-order valence-electron chi connectivity index (χ0n) is 7.95. The van der Waals surface area contributed by atoms with Gasteiger partial charge in [-0.15, -0.1) is 0 Å². The molecule has 2 rings (SSSR count). The molecule has 0 amide bonds. The van der Waals surface area contributed by atoms with Crippen LogP contribution in [0.25, 0.3) is 0 Å². The molecule has 0 saturated carbocycles. The summed E-state index contributed by atoms with van der Waals surface area (Å²) in [6, 6.07) is 9.88. The third-order valence-electron chi connectivity index (χ3n) is 2.05. The standard InChI is InChI=1S/C11H10BrClN2/c12-10-4-3-9(7-11(10)13)8-14-15-5-1-2-6-15/h1-7,14H,8H2. The minimum Gasteiger partial charge on any atom is -0.322 e. The molecular formula is C11H10BrClN2. The van der Waals surface area contributed by atoms with Crippen molar-refractivity contribution in [3.05, 3.63) is 57.8 Å². The first kappa shape index (κ1) is 10.6. The Kier molecular flexibility index (Phi) is 3.34. The first-order chi connectivity index (χ1) is 7.25. The van der Waals surface area contributed by atoms with E-state index in [2.05, 4.69) is 21.4 Å². The van der Waals surface area contributed by atoms with Gasteiger partial charge in [0, 0.05) is 16.9 Å². The van der Waals surface area contributed by atoms with Gasteiger partial charge in [0.1, 0.15) is 0 Å². The quantitative estimate of drug-likeness (QED) is 0.911. The predicted octanol–water partition coefficient (Wildman–Crippen LogP) is 3.65. The maximum Gasteiger partial charge on any atom is 0.0564 e. The molecule has 0 bridgehead atoms. The average Bonchev–Trinajstić information content (AvgIpc) is 2.73. The first-order valence-corrected chi connectivity index (χ1v) is 5.73. The normalized spacial score (nSPS) is 10.3. The molecule has 78 valence electrons. The molecule has 1 aromatic carbocycles. The largest absolute Gasteiger partial charge is 0.322 e. The lowest BCUT2D eigenvalue weighted by Gasteiger charge is -2.08. The lowest BCUT2D eigenvalue weighted by molar-refractivity contribution is 0.847. The van der Waals surface area contributed by atoms with Gasteiger partial charge in [0.25, 0.3) is 0 Å². The summed E-state index contributed by atoms with van der Waals surface area (Å²) < 4.78 is 2.84. The van der Waals surface area contributed by atoms with Gasteiger partial charge in [-0.3, -0.25) is 4.68 Å². The van der Waals surface area contributed by atoms with Crippen molar-refractivity contribution in [2.75, 3.05) is 5.43 Å². The number of hydrogen-bond donors (Lipinski definition) is 1. The first-order valence-electron chi connectivity index (χ1n) is 4.56. The molecule has 0 saturated heterocycles. The van der Waals surface area contributed by atoms with Crippen LogP contribution in [0.3, 0.4) is 0 Å². The second-order valence-corrected chi connectivity index (χ2v) is 4.44. The van der Waals surface area contributed by atoms with E-state index in [1.165, 1.54) is 0 Å². The maximum atomic E-state index is 5.99. The van der Waals surface area contributed by atoms with Crippen molar-refractivity contribution >= 4 is 27.5 Å². The second kappa shape index (κ2) is 4.73. The smallest absolute Gasteiger partial charge is 0.0564 e. The lowest BCUT2D eigenvalue weighted by atomic mass is 10.2. The zero-order valence-corrected chi connectivity index (χ0v) is 10.3. The Labute approximate surface area is 102 Å². The average molecular weight is 286 g/mol. The van der Waals surface area contributed by atoms with Gasteiger partial charge in [-0.2, -0.15) is 0 Å². The summed E-state index contributed by atoms with van der Waals surface area (Å²) in [7, 11) is 0. The molecule has 0 atom stereocenters. The molecule has 1 aromatic heterocycles. The Morgan fingerprint density at radius 2 is 2.00 bits per heavy atom. The van der Waals surface area contributed by atoms with Gasteiger partial charge in [-0.1, -0.05) is 17.7 Å². The van der Waals surface area contributed by atoms with Gasteiger partial charge < -0.3 is 5.43 Å². The fourth-order valence-corrected chi connectivity index (χ4v) is 1.72. The van der Waals surface area contributed by atoms with Crippen LogP contribution in [0.2, 0.25) is 5.02 Å². The van der Waals surface area contributed by atoms with Gasteiger partial charge in [0.15, 0.2) is 0 Å². The molecule has 0 aliphatic carbocycles. The monoisotopic (exact) mass is 284 g/mol. The van der Waals surface area contributed by atoms with E-state index in [1.54, 1.807) is 0 Å². The van der Waals surface area contributed by atoms with E-state index in [4.69, 9.17) is 11.6 Å². The second-order valence-electron chi connectivity index (χ2n) is 3.17. The molecule has 0 spiro atoms.